The number of benzene rings is 2. The number of rotatable bonds is 5. The molecule has 1 saturated heterocycles. The summed E-state index contributed by atoms with van der Waals surface area (Å²) >= 11 is 0. The molecule has 3 rings (SSSR count). The van der Waals surface area contributed by atoms with Gasteiger partial charge in [-0.3, -0.25) is 4.90 Å². The molecule has 1 atom stereocenters. The van der Waals surface area contributed by atoms with Crippen molar-refractivity contribution in [2.24, 2.45) is 0 Å². The lowest BCUT2D eigenvalue weighted by molar-refractivity contribution is 0.194. The van der Waals surface area contributed by atoms with Crippen LogP contribution in [0.1, 0.15) is 28.3 Å². The number of ether oxygens (including phenoxy) is 2. The molecule has 4 heteroatoms. The Morgan fingerprint density at radius 1 is 0.960 bits per heavy atom. The highest BCUT2D eigenvalue weighted by Crippen LogP contribution is 2.41. The number of nitrogens with one attached hydrogen (secondary N) is 1. The molecule has 0 spiro atoms. The molecule has 1 fully saturated rings. The van der Waals surface area contributed by atoms with E-state index in [9.17, 15) is 0 Å². The van der Waals surface area contributed by atoms with Crippen molar-refractivity contribution in [3.05, 3.63) is 58.7 Å². The Morgan fingerprint density at radius 3 is 2.40 bits per heavy atom. The minimum absolute atomic E-state index is 0.159. The Kier molecular flexibility index (Phi) is 5.61. The van der Waals surface area contributed by atoms with Gasteiger partial charge in [0.05, 0.1) is 20.3 Å². The molecule has 0 aliphatic carbocycles. The zero-order valence-electron chi connectivity index (χ0n) is 15.6. The number of para-hydroxylation sites is 1. The molecule has 4 nitrogen and oxygen atoms in total. The van der Waals surface area contributed by atoms with Crippen LogP contribution < -0.4 is 14.8 Å². The molecule has 2 aromatic carbocycles. The van der Waals surface area contributed by atoms with Crippen molar-refractivity contribution in [1.82, 2.24) is 10.2 Å². The van der Waals surface area contributed by atoms with Gasteiger partial charge in [0.2, 0.25) is 0 Å². The standard InChI is InChI=1S/C21H28N2O2/c1-15-8-9-16(2)18(14-15)20(23-12-10-22-11-13-23)17-6-5-7-19(24-3)21(17)25-4/h5-9,14,20,22H,10-13H2,1-4H3. The first kappa shape index (κ1) is 17.8. The topological polar surface area (TPSA) is 33.7 Å². The number of hydrogen-bond donors (Lipinski definition) is 1. The van der Waals surface area contributed by atoms with Crippen molar-refractivity contribution in [3.8, 4) is 11.5 Å². The summed E-state index contributed by atoms with van der Waals surface area (Å²) in [5.74, 6) is 1.61. The smallest absolute Gasteiger partial charge is 0.165 e. The second kappa shape index (κ2) is 7.89. The normalized spacial score (nSPS) is 16.5. The van der Waals surface area contributed by atoms with Crippen LogP contribution in [0.5, 0.6) is 11.5 Å². The van der Waals surface area contributed by atoms with Gasteiger partial charge in [0.15, 0.2) is 11.5 Å². The zero-order valence-corrected chi connectivity index (χ0v) is 15.6. The van der Waals surface area contributed by atoms with Crippen LogP contribution in [0.15, 0.2) is 36.4 Å². The highest BCUT2D eigenvalue weighted by Gasteiger charge is 2.28. The van der Waals surface area contributed by atoms with Gasteiger partial charge in [0.25, 0.3) is 0 Å². The van der Waals surface area contributed by atoms with Crippen molar-refractivity contribution >= 4 is 0 Å². The minimum Gasteiger partial charge on any atom is -0.493 e. The SMILES string of the molecule is COc1cccc(C(c2cc(C)ccc2C)N2CCNCC2)c1OC. The summed E-state index contributed by atoms with van der Waals surface area (Å²) in [6, 6.07) is 13.0. The van der Waals surface area contributed by atoms with Gasteiger partial charge in [-0.2, -0.15) is 0 Å². The van der Waals surface area contributed by atoms with Crippen LogP contribution in [-0.4, -0.2) is 45.3 Å². The Morgan fingerprint density at radius 2 is 1.72 bits per heavy atom. The summed E-state index contributed by atoms with van der Waals surface area (Å²) < 4.78 is 11.3. The van der Waals surface area contributed by atoms with Gasteiger partial charge in [-0.05, 0) is 31.0 Å². The van der Waals surface area contributed by atoms with E-state index in [-0.39, 0.29) is 6.04 Å². The van der Waals surface area contributed by atoms with Crippen LogP contribution in [0.2, 0.25) is 0 Å². The van der Waals surface area contributed by atoms with Crippen LogP contribution in [0.3, 0.4) is 0 Å². The van der Waals surface area contributed by atoms with Crippen molar-refractivity contribution in [2.75, 3.05) is 40.4 Å². The van der Waals surface area contributed by atoms with Crippen LogP contribution >= 0.6 is 0 Å². The molecular formula is C21H28N2O2. The van der Waals surface area contributed by atoms with Crippen molar-refractivity contribution in [2.45, 2.75) is 19.9 Å². The van der Waals surface area contributed by atoms with E-state index in [0.29, 0.717) is 0 Å². The van der Waals surface area contributed by atoms with Gasteiger partial charge >= 0.3 is 0 Å². The summed E-state index contributed by atoms with van der Waals surface area (Å²) in [6.45, 7) is 8.38. The number of methoxy groups -OCH3 is 2. The van der Waals surface area contributed by atoms with E-state index in [0.717, 1.165) is 43.2 Å². The summed E-state index contributed by atoms with van der Waals surface area (Å²) in [5.41, 5.74) is 5.09. The van der Waals surface area contributed by atoms with E-state index in [1.807, 2.05) is 6.07 Å². The minimum atomic E-state index is 0.159. The van der Waals surface area contributed by atoms with Gasteiger partial charge in [-0.15, -0.1) is 0 Å². The Labute approximate surface area is 150 Å². The third kappa shape index (κ3) is 3.65. The maximum absolute atomic E-state index is 5.76. The molecule has 0 bridgehead atoms. The van der Waals surface area contributed by atoms with Gasteiger partial charge in [-0.1, -0.05) is 35.9 Å². The maximum Gasteiger partial charge on any atom is 0.165 e. The van der Waals surface area contributed by atoms with Crippen LogP contribution in [0, 0.1) is 13.8 Å². The third-order valence-electron chi connectivity index (χ3n) is 4.97. The summed E-state index contributed by atoms with van der Waals surface area (Å²) in [7, 11) is 3.42. The van der Waals surface area contributed by atoms with Gasteiger partial charge < -0.3 is 14.8 Å². The third-order valence-corrected chi connectivity index (χ3v) is 4.97. The molecular weight excluding hydrogens is 312 g/mol. The van der Waals surface area contributed by atoms with E-state index in [2.05, 4.69) is 54.4 Å². The first-order chi connectivity index (χ1) is 12.2. The maximum atomic E-state index is 5.76. The molecule has 0 aromatic heterocycles. The second-order valence-corrected chi connectivity index (χ2v) is 6.63. The highest BCUT2D eigenvalue weighted by molar-refractivity contribution is 5.52. The molecule has 1 N–H and O–H groups in total. The monoisotopic (exact) mass is 340 g/mol. The molecule has 1 aliphatic heterocycles. The number of piperazine rings is 1. The van der Waals surface area contributed by atoms with Crippen molar-refractivity contribution in [1.29, 1.82) is 0 Å². The number of aryl methyl sites for hydroxylation is 2. The molecule has 2 aromatic rings. The van der Waals surface area contributed by atoms with Crippen LogP contribution in [0.4, 0.5) is 0 Å². The molecule has 0 amide bonds. The Hall–Kier alpha value is -2.04. The van der Waals surface area contributed by atoms with E-state index >= 15 is 0 Å². The number of hydrogen-bond acceptors (Lipinski definition) is 4. The fraction of sp³-hybridized carbons (Fsp3) is 0.429. The van der Waals surface area contributed by atoms with Crippen molar-refractivity contribution in [3.63, 3.8) is 0 Å². The highest BCUT2D eigenvalue weighted by atomic mass is 16.5. The van der Waals surface area contributed by atoms with Gasteiger partial charge in [-0.25, -0.2) is 0 Å². The first-order valence-corrected chi connectivity index (χ1v) is 8.88. The number of nitrogens with zero attached hydrogens (tertiary/aromatic N) is 1. The van der Waals surface area contributed by atoms with Crippen LogP contribution in [0.25, 0.3) is 0 Å². The quantitative estimate of drug-likeness (QED) is 0.905. The average Bonchev–Trinajstić information content (AvgIpc) is 2.65. The largest absolute Gasteiger partial charge is 0.493 e. The Bertz CT molecular complexity index is 724. The summed E-state index contributed by atoms with van der Waals surface area (Å²) in [4.78, 5) is 2.54. The molecule has 0 radical (unpaired) electrons. The lowest BCUT2D eigenvalue weighted by Gasteiger charge is -2.37. The summed E-state index contributed by atoms with van der Waals surface area (Å²) in [6.07, 6.45) is 0. The lowest BCUT2D eigenvalue weighted by Crippen LogP contribution is -2.45. The fourth-order valence-corrected chi connectivity index (χ4v) is 3.68. The molecule has 0 saturated carbocycles. The van der Waals surface area contributed by atoms with E-state index in [1.54, 1.807) is 14.2 Å². The fourth-order valence-electron chi connectivity index (χ4n) is 3.68. The van der Waals surface area contributed by atoms with Gasteiger partial charge in [0.1, 0.15) is 0 Å². The Balaban J connectivity index is 2.16. The second-order valence-electron chi connectivity index (χ2n) is 6.63. The average molecular weight is 340 g/mol. The molecule has 1 heterocycles. The molecule has 1 unspecified atom stereocenters. The first-order valence-electron chi connectivity index (χ1n) is 8.88. The zero-order chi connectivity index (χ0) is 17.8. The molecule has 1 aliphatic rings. The van der Waals surface area contributed by atoms with E-state index < -0.39 is 0 Å². The predicted molar refractivity (Wildman–Crippen MR) is 102 cm³/mol. The van der Waals surface area contributed by atoms with E-state index in [4.69, 9.17) is 9.47 Å². The van der Waals surface area contributed by atoms with Gasteiger partial charge in [0, 0.05) is 31.7 Å². The van der Waals surface area contributed by atoms with Crippen LogP contribution in [-0.2, 0) is 0 Å². The molecule has 134 valence electrons. The van der Waals surface area contributed by atoms with E-state index in [1.165, 1.54) is 16.7 Å². The van der Waals surface area contributed by atoms with Crippen molar-refractivity contribution < 1.29 is 9.47 Å². The lowest BCUT2D eigenvalue weighted by atomic mass is 9.91. The molecule has 25 heavy (non-hydrogen) atoms. The summed E-state index contributed by atoms with van der Waals surface area (Å²) in [5, 5.41) is 3.45. The predicted octanol–water partition coefficient (Wildman–Crippen LogP) is 3.32.